The van der Waals surface area contributed by atoms with Crippen LogP contribution in [-0.4, -0.2) is 35.1 Å². The number of halogens is 2. The van der Waals surface area contributed by atoms with Gasteiger partial charge in [0.1, 0.15) is 6.07 Å². The molecule has 7 heteroatoms. The van der Waals surface area contributed by atoms with Gasteiger partial charge in [-0.15, -0.1) is 24.8 Å². The summed E-state index contributed by atoms with van der Waals surface area (Å²) in [5, 5.41) is 12.2. The largest absolute Gasteiger partial charge is 0.338 e. The van der Waals surface area contributed by atoms with Crippen molar-refractivity contribution in [3.63, 3.8) is 0 Å². The van der Waals surface area contributed by atoms with E-state index in [1.165, 1.54) is 12.8 Å². The van der Waals surface area contributed by atoms with E-state index in [2.05, 4.69) is 20.2 Å². The zero-order valence-corrected chi connectivity index (χ0v) is 11.4. The van der Waals surface area contributed by atoms with Crippen molar-refractivity contribution >= 4 is 30.8 Å². The van der Waals surface area contributed by atoms with Gasteiger partial charge < -0.3 is 10.2 Å². The minimum atomic E-state index is 0. The highest BCUT2D eigenvalue weighted by atomic mass is 35.5. The number of piperazine rings is 1. The summed E-state index contributed by atoms with van der Waals surface area (Å²) < 4.78 is 0. The lowest BCUT2D eigenvalue weighted by Gasteiger charge is -2.32. The summed E-state index contributed by atoms with van der Waals surface area (Å²) in [6, 6.07) is 3.19. The fraction of sp³-hybridized carbons (Fsp3) is 0.545. The van der Waals surface area contributed by atoms with E-state index in [1.54, 1.807) is 12.4 Å². The normalized spacial score (nSPS) is 24.7. The van der Waals surface area contributed by atoms with Gasteiger partial charge >= 0.3 is 0 Å². The van der Waals surface area contributed by atoms with Crippen LogP contribution < -0.4 is 10.2 Å². The van der Waals surface area contributed by atoms with Gasteiger partial charge in [-0.1, -0.05) is 0 Å². The topological polar surface area (TPSA) is 64.8 Å². The number of nitriles is 1. The zero-order chi connectivity index (χ0) is 11.0. The fourth-order valence-corrected chi connectivity index (χ4v) is 2.50. The first kappa shape index (κ1) is 15.0. The van der Waals surface area contributed by atoms with Gasteiger partial charge in [-0.2, -0.15) is 5.26 Å². The Labute approximate surface area is 118 Å². The molecule has 3 rings (SSSR count). The van der Waals surface area contributed by atoms with Gasteiger partial charge in [0, 0.05) is 25.2 Å². The number of hydrogen-bond donors (Lipinski definition) is 1. The number of aromatic nitrogens is 2. The van der Waals surface area contributed by atoms with Crippen LogP contribution in [0.1, 0.15) is 18.4 Å². The molecular formula is C11H15Cl2N5. The van der Waals surface area contributed by atoms with E-state index in [-0.39, 0.29) is 24.8 Å². The van der Waals surface area contributed by atoms with Crippen LogP contribution in [0.25, 0.3) is 0 Å². The molecule has 0 saturated carbocycles. The van der Waals surface area contributed by atoms with Crippen LogP contribution in [0.4, 0.5) is 5.95 Å². The summed E-state index contributed by atoms with van der Waals surface area (Å²) in [4.78, 5) is 10.7. The van der Waals surface area contributed by atoms with Crippen LogP contribution in [-0.2, 0) is 0 Å². The Kier molecular flexibility index (Phi) is 5.15. The molecule has 98 valence electrons. The minimum absolute atomic E-state index is 0. The molecule has 0 radical (unpaired) electrons. The monoisotopic (exact) mass is 287 g/mol. The smallest absolute Gasteiger partial charge is 0.225 e. The summed E-state index contributed by atoms with van der Waals surface area (Å²) in [6.45, 7) is 1.95. The van der Waals surface area contributed by atoms with Gasteiger partial charge in [0.05, 0.1) is 18.0 Å². The van der Waals surface area contributed by atoms with Crippen molar-refractivity contribution in [2.45, 2.75) is 24.9 Å². The average Bonchev–Trinajstić information content (AvgIpc) is 2.68. The first-order chi connectivity index (χ1) is 7.85. The van der Waals surface area contributed by atoms with Crippen molar-refractivity contribution in [2.24, 2.45) is 0 Å². The molecule has 0 aliphatic carbocycles. The van der Waals surface area contributed by atoms with Crippen LogP contribution in [0.5, 0.6) is 0 Å². The molecule has 2 aliphatic rings. The van der Waals surface area contributed by atoms with Crippen LogP contribution in [0, 0.1) is 11.3 Å². The molecule has 2 atom stereocenters. The molecule has 2 fully saturated rings. The van der Waals surface area contributed by atoms with E-state index >= 15 is 0 Å². The molecule has 2 saturated heterocycles. The Balaban J connectivity index is 0.000000810. The van der Waals surface area contributed by atoms with Gasteiger partial charge in [-0.25, -0.2) is 9.97 Å². The minimum Gasteiger partial charge on any atom is -0.338 e. The maximum absolute atomic E-state index is 8.68. The number of rotatable bonds is 1. The summed E-state index contributed by atoms with van der Waals surface area (Å²) >= 11 is 0. The van der Waals surface area contributed by atoms with Crippen molar-refractivity contribution in [1.29, 1.82) is 5.26 Å². The second-order valence-corrected chi connectivity index (χ2v) is 4.43. The van der Waals surface area contributed by atoms with Crippen LogP contribution in [0.2, 0.25) is 0 Å². The molecule has 18 heavy (non-hydrogen) atoms. The Bertz CT molecular complexity index is 418. The summed E-state index contributed by atoms with van der Waals surface area (Å²) in [7, 11) is 0. The molecule has 2 unspecified atom stereocenters. The van der Waals surface area contributed by atoms with Crippen molar-refractivity contribution in [2.75, 3.05) is 18.0 Å². The zero-order valence-electron chi connectivity index (χ0n) is 9.74. The van der Waals surface area contributed by atoms with E-state index in [4.69, 9.17) is 5.26 Å². The molecule has 5 nitrogen and oxygen atoms in total. The van der Waals surface area contributed by atoms with Gasteiger partial charge in [-0.05, 0) is 12.8 Å². The summed E-state index contributed by atoms with van der Waals surface area (Å²) in [6.07, 6.45) is 5.67. The molecule has 0 aromatic carbocycles. The fourth-order valence-electron chi connectivity index (χ4n) is 2.50. The number of nitrogens with one attached hydrogen (secondary N) is 1. The molecule has 2 bridgehead atoms. The summed E-state index contributed by atoms with van der Waals surface area (Å²) in [5.74, 6) is 0.748. The second-order valence-electron chi connectivity index (χ2n) is 4.43. The van der Waals surface area contributed by atoms with Crippen molar-refractivity contribution < 1.29 is 0 Å². The van der Waals surface area contributed by atoms with E-state index < -0.39 is 0 Å². The molecule has 2 aliphatic heterocycles. The third-order valence-electron chi connectivity index (χ3n) is 3.27. The van der Waals surface area contributed by atoms with Crippen molar-refractivity contribution in [3.05, 3.63) is 18.0 Å². The number of nitrogens with zero attached hydrogens (tertiary/aromatic N) is 4. The van der Waals surface area contributed by atoms with Crippen molar-refractivity contribution in [1.82, 2.24) is 15.3 Å². The van der Waals surface area contributed by atoms with Gasteiger partial charge in [-0.3, -0.25) is 0 Å². The second kappa shape index (κ2) is 6.19. The molecule has 3 heterocycles. The number of fused-ring (bicyclic) bond motifs is 2. The maximum Gasteiger partial charge on any atom is 0.225 e. The number of anilines is 1. The van der Waals surface area contributed by atoms with Crippen LogP contribution in [0.15, 0.2) is 12.4 Å². The lowest BCUT2D eigenvalue weighted by Crippen LogP contribution is -2.51. The lowest BCUT2D eigenvalue weighted by molar-refractivity contribution is 0.460. The highest BCUT2D eigenvalue weighted by molar-refractivity contribution is 5.85. The Morgan fingerprint density at radius 2 is 1.72 bits per heavy atom. The molecule has 1 aromatic heterocycles. The standard InChI is InChI=1S/C11H13N5.2ClH/c12-3-8-4-13-11(14-5-8)16-6-9-1-2-10(7-16)15-9;;/h4-5,9-10,15H,1-2,6-7H2;2*1H. The van der Waals surface area contributed by atoms with Crippen LogP contribution >= 0.6 is 24.8 Å². The Morgan fingerprint density at radius 3 is 2.22 bits per heavy atom. The molecule has 1 N–H and O–H groups in total. The van der Waals surface area contributed by atoms with E-state index in [1.807, 2.05) is 6.07 Å². The van der Waals surface area contributed by atoms with Gasteiger partial charge in [0.15, 0.2) is 0 Å². The molecule has 0 amide bonds. The highest BCUT2D eigenvalue weighted by Crippen LogP contribution is 2.22. The predicted octanol–water partition coefficient (Wildman–Crippen LogP) is 1.13. The SMILES string of the molecule is Cl.Cl.N#Cc1cnc(N2CC3CCC(C2)N3)nc1. The Morgan fingerprint density at radius 1 is 1.17 bits per heavy atom. The summed E-state index contributed by atoms with van der Waals surface area (Å²) in [5.41, 5.74) is 0.516. The van der Waals surface area contributed by atoms with Gasteiger partial charge in [0.25, 0.3) is 0 Å². The lowest BCUT2D eigenvalue weighted by atomic mass is 10.2. The third kappa shape index (κ3) is 2.83. The quantitative estimate of drug-likeness (QED) is 0.839. The van der Waals surface area contributed by atoms with Crippen LogP contribution in [0.3, 0.4) is 0 Å². The molecule has 1 aromatic rings. The highest BCUT2D eigenvalue weighted by Gasteiger charge is 2.32. The Hall–Kier alpha value is -1.09. The predicted molar refractivity (Wildman–Crippen MR) is 73.4 cm³/mol. The third-order valence-corrected chi connectivity index (χ3v) is 3.27. The van der Waals surface area contributed by atoms with Gasteiger partial charge in [0.2, 0.25) is 5.95 Å². The van der Waals surface area contributed by atoms with E-state index in [9.17, 15) is 0 Å². The molecular weight excluding hydrogens is 273 g/mol. The average molecular weight is 288 g/mol. The number of hydrogen-bond acceptors (Lipinski definition) is 5. The first-order valence-electron chi connectivity index (χ1n) is 5.58. The maximum atomic E-state index is 8.68. The van der Waals surface area contributed by atoms with Crippen molar-refractivity contribution in [3.8, 4) is 6.07 Å². The first-order valence-corrected chi connectivity index (χ1v) is 5.58. The molecule has 0 spiro atoms. The van der Waals surface area contributed by atoms with E-state index in [0.717, 1.165) is 19.0 Å². The van der Waals surface area contributed by atoms with E-state index in [0.29, 0.717) is 17.6 Å².